The van der Waals surface area contributed by atoms with E-state index in [1.165, 1.54) is 31.6 Å². The van der Waals surface area contributed by atoms with Crippen molar-refractivity contribution < 1.29 is 0 Å². The fraction of sp³-hybridized carbons (Fsp3) is 0.538. The van der Waals surface area contributed by atoms with Gasteiger partial charge in [-0.15, -0.1) is 12.4 Å². The van der Waals surface area contributed by atoms with Crippen LogP contribution >= 0.6 is 12.4 Å². The van der Waals surface area contributed by atoms with E-state index in [9.17, 15) is 0 Å². The molecule has 1 N–H and O–H groups in total. The summed E-state index contributed by atoms with van der Waals surface area (Å²) in [5, 5.41) is 3.59. The Kier molecular flexibility index (Phi) is 3.85. The molecule has 2 fully saturated rings. The minimum Gasteiger partial charge on any atom is -0.312 e. The molecule has 0 radical (unpaired) electrons. The Balaban J connectivity index is 0.000000963. The van der Waals surface area contributed by atoms with Gasteiger partial charge in [-0.1, -0.05) is 30.3 Å². The highest BCUT2D eigenvalue weighted by Gasteiger charge is 2.35. The van der Waals surface area contributed by atoms with Crippen LogP contribution in [0.1, 0.15) is 12.0 Å². The van der Waals surface area contributed by atoms with Crippen LogP contribution in [-0.4, -0.2) is 30.6 Å². The Morgan fingerprint density at radius 1 is 1.19 bits per heavy atom. The monoisotopic (exact) mass is 238 g/mol. The summed E-state index contributed by atoms with van der Waals surface area (Å²) in [6, 6.07) is 11.6. The molecule has 1 aromatic carbocycles. The molecule has 2 aliphatic rings. The van der Waals surface area contributed by atoms with E-state index >= 15 is 0 Å². The molecular weight excluding hydrogens is 220 g/mol. The number of halogens is 1. The van der Waals surface area contributed by atoms with Crippen molar-refractivity contribution in [1.82, 2.24) is 10.2 Å². The lowest BCUT2D eigenvalue weighted by molar-refractivity contribution is 0.307. The normalized spacial score (nSPS) is 28.8. The van der Waals surface area contributed by atoms with E-state index in [0.717, 1.165) is 18.5 Å². The van der Waals surface area contributed by atoms with Crippen LogP contribution in [0.2, 0.25) is 0 Å². The Labute approximate surface area is 103 Å². The lowest BCUT2D eigenvalue weighted by Crippen LogP contribution is -2.29. The zero-order valence-corrected chi connectivity index (χ0v) is 10.2. The van der Waals surface area contributed by atoms with E-state index in [4.69, 9.17) is 0 Å². The van der Waals surface area contributed by atoms with Crippen molar-refractivity contribution in [3.05, 3.63) is 35.9 Å². The van der Waals surface area contributed by atoms with Crippen LogP contribution in [0.5, 0.6) is 0 Å². The van der Waals surface area contributed by atoms with Crippen LogP contribution in [0.15, 0.2) is 30.3 Å². The average Bonchev–Trinajstić information content (AvgIpc) is 2.79. The second kappa shape index (κ2) is 5.17. The lowest BCUT2D eigenvalue weighted by Gasteiger charge is -2.16. The van der Waals surface area contributed by atoms with Crippen molar-refractivity contribution in [3.63, 3.8) is 0 Å². The van der Waals surface area contributed by atoms with E-state index in [2.05, 4.69) is 40.5 Å². The molecule has 0 spiro atoms. The van der Waals surface area contributed by atoms with Gasteiger partial charge in [0, 0.05) is 25.7 Å². The molecule has 0 aliphatic carbocycles. The van der Waals surface area contributed by atoms with Gasteiger partial charge in [0.15, 0.2) is 0 Å². The van der Waals surface area contributed by atoms with E-state index in [1.807, 2.05) is 0 Å². The summed E-state index contributed by atoms with van der Waals surface area (Å²) in [4.78, 5) is 2.58. The molecule has 2 heterocycles. The van der Waals surface area contributed by atoms with Crippen molar-refractivity contribution in [2.75, 3.05) is 19.6 Å². The van der Waals surface area contributed by atoms with E-state index in [-0.39, 0.29) is 12.4 Å². The molecule has 3 rings (SSSR count). The van der Waals surface area contributed by atoms with Crippen molar-refractivity contribution in [2.45, 2.75) is 19.0 Å². The fourth-order valence-electron chi connectivity index (χ4n) is 2.91. The average molecular weight is 239 g/mol. The first-order valence-electron chi connectivity index (χ1n) is 5.91. The van der Waals surface area contributed by atoms with Crippen molar-refractivity contribution >= 4 is 12.4 Å². The van der Waals surface area contributed by atoms with Crippen LogP contribution in [0.25, 0.3) is 0 Å². The first-order chi connectivity index (χ1) is 7.42. The Bertz CT molecular complexity index is 316. The van der Waals surface area contributed by atoms with Crippen LogP contribution in [0.3, 0.4) is 0 Å². The Morgan fingerprint density at radius 2 is 2.00 bits per heavy atom. The molecule has 2 saturated heterocycles. The van der Waals surface area contributed by atoms with Crippen molar-refractivity contribution in [3.8, 4) is 0 Å². The van der Waals surface area contributed by atoms with Gasteiger partial charge < -0.3 is 5.32 Å². The van der Waals surface area contributed by atoms with Crippen LogP contribution < -0.4 is 5.32 Å². The highest BCUT2D eigenvalue weighted by molar-refractivity contribution is 5.85. The number of fused-ring (bicyclic) bond motifs is 1. The minimum atomic E-state index is 0. The topological polar surface area (TPSA) is 15.3 Å². The van der Waals surface area contributed by atoms with Crippen molar-refractivity contribution in [2.24, 2.45) is 5.92 Å². The molecule has 0 bridgehead atoms. The standard InChI is InChI=1S/C13H18N2.ClH/c1-2-4-11(5-3-1)8-15-9-12-6-7-14-13(12)10-15;/h1-5,12-14H,6-10H2;1H. The third kappa shape index (κ3) is 2.40. The molecule has 2 unspecified atom stereocenters. The van der Waals surface area contributed by atoms with Gasteiger partial charge in [0.1, 0.15) is 0 Å². The number of benzene rings is 1. The SMILES string of the molecule is Cl.c1ccc(CN2CC3CCNC3C2)cc1. The number of likely N-dealkylation sites (tertiary alicyclic amines) is 1. The van der Waals surface area contributed by atoms with E-state index in [1.54, 1.807) is 0 Å². The van der Waals surface area contributed by atoms with Gasteiger partial charge in [-0.05, 0) is 24.4 Å². The maximum atomic E-state index is 3.59. The molecule has 3 heteroatoms. The summed E-state index contributed by atoms with van der Waals surface area (Å²) in [6.45, 7) is 4.87. The highest BCUT2D eigenvalue weighted by atomic mass is 35.5. The summed E-state index contributed by atoms with van der Waals surface area (Å²) >= 11 is 0. The van der Waals surface area contributed by atoms with Gasteiger partial charge in [-0.25, -0.2) is 0 Å². The lowest BCUT2D eigenvalue weighted by atomic mass is 10.1. The zero-order valence-electron chi connectivity index (χ0n) is 9.43. The smallest absolute Gasteiger partial charge is 0.0236 e. The molecule has 88 valence electrons. The molecule has 0 aromatic heterocycles. The Hall–Kier alpha value is -0.570. The summed E-state index contributed by atoms with van der Waals surface area (Å²) in [6.07, 6.45) is 1.37. The van der Waals surface area contributed by atoms with Crippen LogP contribution in [-0.2, 0) is 6.54 Å². The second-order valence-corrected chi connectivity index (χ2v) is 4.79. The van der Waals surface area contributed by atoms with Gasteiger partial charge in [0.2, 0.25) is 0 Å². The van der Waals surface area contributed by atoms with Crippen LogP contribution in [0, 0.1) is 5.92 Å². The van der Waals surface area contributed by atoms with Crippen molar-refractivity contribution in [1.29, 1.82) is 0 Å². The predicted octanol–water partition coefficient (Wildman–Crippen LogP) is 1.90. The highest BCUT2D eigenvalue weighted by Crippen LogP contribution is 2.25. The number of hydrogen-bond donors (Lipinski definition) is 1. The first-order valence-corrected chi connectivity index (χ1v) is 5.91. The maximum absolute atomic E-state index is 3.59. The van der Waals surface area contributed by atoms with Gasteiger partial charge in [0.05, 0.1) is 0 Å². The third-order valence-corrected chi connectivity index (χ3v) is 3.69. The second-order valence-electron chi connectivity index (χ2n) is 4.79. The first kappa shape index (κ1) is 11.9. The zero-order chi connectivity index (χ0) is 10.1. The molecule has 2 aliphatic heterocycles. The van der Waals surface area contributed by atoms with Crippen LogP contribution in [0.4, 0.5) is 0 Å². The molecule has 0 saturated carbocycles. The predicted molar refractivity (Wildman–Crippen MR) is 68.9 cm³/mol. The largest absolute Gasteiger partial charge is 0.312 e. The third-order valence-electron chi connectivity index (χ3n) is 3.69. The van der Waals surface area contributed by atoms with Gasteiger partial charge >= 0.3 is 0 Å². The molecular formula is C13H19ClN2. The molecule has 16 heavy (non-hydrogen) atoms. The Morgan fingerprint density at radius 3 is 2.75 bits per heavy atom. The van der Waals surface area contributed by atoms with Gasteiger partial charge in [-0.3, -0.25) is 4.90 Å². The van der Waals surface area contributed by atoms with E-state index < -0.39 is 0 Å². The summed E-state index contributed by atoms with van der Waals surface area (Å²) in [5.41, 5.74) is 1.44. The summed E-state index contributed by atoms with van der Waals surface area (Å²) in [7, 11) is 0. The quantitative estimate of drug-likeness (QED) is 0.847. The molecule has 2 atom stereocenters. The number of nitrogens with zero attached hydrogens (tertiary/aromatic N) is 1. The number of nitrogens with one attached hydrogen (secondary N) is 1. The number of rotatable bonds is 2. The van der Waals surface area contributed by atoms with Gasteiger partial charge in [0.25, 0.3) is 0 Å². The molecule has 0 amide bonds. The maximum Gasteiger partial charge on any atom is 0.0236 e. The summed E-state index contributed by atoms with van der Waals surface area (Å²) < 4.78 is 0. The number of hydrogen-bond acceptors (Lipinski definition) is 2. The van der Waals surface area contributed by atoms with E-state index in [0.29, 0.717) is 0 Å². The van der Waals surface area contributed by atoms with Gasteiger partial charge in [-0.2, -0.15) is 0 Å². The molecule has 1 aromatic rings. The fourth-order valence-corrected chi connectivity index (χ4v) is 2.91. The molecule has 2 nitrogen and oxygen atoms in total. The summed E-state index contributed by atoms with van der Waals surface area (Å²) in [5.74, 6) is 0.911. The minimum absolute atomic E-state index is 0.